The summed E-state index contributed by atoms with van der Waals surface area (Å²) in [6.45, 7) is 2.82. The molecule has 2 N–H and O–H groups in total. The molecule has 2 unspecified atom stereocenters. The maximum absolute atomic E-state index is 13.9. The fourth-order valence-electron chi connectivity index (χ4n) is 5.85. The van der Waals surface area contributed by atoms with Crippen LogP contribution in [0.5, 0.6) is 0 Å². The number of amides is 3. The zero-order valence-corrected chi connectivity index (χ0v) is 21.4. The van der Waals surface area contributed by atoms with E-state index in [0.717, 1.165) is 34.9 Å². The maximum Gasteiger partial charge on any atom is 0.255 e. The monoisotopic (exact) mass is 532 g/mol. The van der Waals surface area contributed by atoms with Crippen molar-refractivity contribution >= 4 is 29.2 Å². The van der Waals surface area contributed by atoms with E-state index in [1.165, 1.54) is 4.90 Å². The van der Waals surface area contributed by atoms with Crippen LogP contribution in [0.1, 0.15) is 42.1 Å². The third-order valence-corrected chi connectivity index (χ3v) is 7.80. The highest BCUT2D eigenvalue weighted by molar-refractivity contribution is 6.06. The molecule has 3 amide bonds. The number of nitrogens with zero attached hydrogens (tertiary/aromatic N) is 2. The second-order valence-corrected chi connectivity index (χ2v) is 10.8. The third kappa shape index (κ3) is 4.24. The summed E-state index contributed by atoms with van der Waals surface area (Å²) in [4.78, 5) is 44.9. The smallest absolute Gasteiger partial charge is 0.255 e. The fraction of sp³-hybridized carbons (Fsp3) is 0.310. The fourth-order valence-corrected chi connectivity index (χ4v) is 5.85. The first-order valence-corrected chi connectivity index (χ1v) is 12.7. The average Bonchev–Trinajstić information content (AvgIpc) is 3.38. The Bertz CT molecular complexity index is 1520. The number of benzene rings is 2. The van der Waals surface area contributed by atoms with Crippen molar-refractivity contribution in [3.05, 3.63) is 88.6 Å². The Hall–Kier alpha value is -4.18. The highest BCUT2D eigenvalue weighted by Gasteiger charge is 2.51. The summed E-state index contributed by atoms with van der Waals surface area (Å²) in [5.41, 5.74) is 1.62. The molecule has 2 aromatic carbocycles. The SMILES string of the molecule is CC1(C)OCC(c2cc(F)cc(F)c2)N(CC(=O)Nc2ccc3c(c2)CC2(C3)C(=O)Nc3ncccc32)C1=O. The van der Waals surface area contributed by atoms with Crippen LogP contribution in [0.25, 0.3) is 0 Å². The van der Waals surface area contributed by atoms with E-state index in [1.807, 2.05) is 24.3 Å². The van der Waals surface area contributed by atoms with E-state index in [2.05, 4.69) is 15.6 Å². The second-order valence-electron chi connectivity index (χ2n) is 10.8. The minimum atomic E-state index is -1.20. The molecule has 10 heteroatoms. The van der Waals surface area contributed by atoms with Gasteiger partial charge in [0.2, 0.25) is 11.8 Å². The van der Waals surface area contributed by atoms with Crippen LogP contribution in [0.15, 0.2) is 54.7 Å². The summed E-state index contributed by atoms with van der Waals surface area (Å²) in [6.07, 6.45) is 2.65. The van der Waals surface area contributed by atoms with E-state index in [-0.39, 0.29) is 24.6 Å². The number of rotatable bonds is 4. The van der Waals surface area contributed by atoms with Crippen LogP contribution in [0.2, 0.25) is 0 Å². The van der Waals surface area contributed by atoms with Gasteiger partial charge in [0.15, 0.2) is 0 Å². The first-order valence-electron chi connectivity index (χ1n) is 12.7. The van der Waals surface area contributed by atoms with Gasteiger partial charge in [-0.05, 0) is 73.7 Å². The van der Waals surface area contributed by atoms with Gasteiger partial charge in [0, 0.05) is 23.5 Å². The Kier molecular flexibility index (Phi) is 5.76. The molecule has 0 saturated carbocycles. The van der Waals surface area contributed by atoms with Gasteiger partial charge in [-0.25, -0.2) is 13.8 Å². The van der Waals surface area contributed by atoms with Gasteiger partial charge >= 0.3 is 0 Å². The van der Waals surface area contributed by atoms with E-state index in [4.69, 9.17) is 4.74 Å². The van der Waals surface area contributed by atoms with Crippen LogP contribution in [0.4, 0.5) is 20.3 Å². The van der Waals surface area contributed by atoms with Crippen molar-refractivity contribution in [3.8, 4) is 0 Å². The molecule has 1 aromatic heterocycles. The van der Waals surface area contributed by atoms with Gasteiger partial charge in [-0.3, -0.25) is 14.4 Å². The summed E-state index contributed by atoms with van der Waals surface area (Å²) < 4.78 is 33.6. The van der Waals surface area contributed by atoms with E-state index >= 15 is 0 Å². The van der Waals surface area contributed by atoms with E-state index in [9.17, 15) is 23.2 Å². The lowest BCUT2D eigenvalue weighted by Crippen LogP contribution is -2.56. The zero-order valence-electron chi connectivity index (χ0n) is 21.4. The number of aromatic nitrogens is 1. The summed E-state index contributed by atoms with van der Waals surface area (Å²) in [5, 5.41) is 5.71. The molecule has 1 spiro atoms. The Labute approximate surface area is 223 Å². The lowest BCUT2D eigenvalue weighted by atomic mass is 9.79. The summed E-state index contributed by atoms with van der Waals surface area (Å²) in [6, 6.07) is 11.4. The van der Waals surface area contributed by atoms with Crippen molar-refractivity contribution in [1.29, 1.82) is 0 Å². The predicted molar refractivity (Wildman–Crippen MR) is 138 cm³/mol. The topological polar surface area (TPSA) is 101 Å². The Balaban J connectivity index is 1.22. The molecule has 3 aliphatic rings. The highest BCUT2D eigenvalue weighted by atomic mass is 19.1. The second kappa shape index (κ2) is 8.94. The van der Waals surface area contributed by atoms with Crippen LogP contribution in [0.3, 0.4) is 0 Å². The number of pyridine rings is 1. The first-order chi connectivity index (χ1) is 18.6. The number of nitrogens with one attached hydrogen (secondary N) is 2. The lowest BCUT2D eigenvalue weighted by Gasteiger charge is -2.42. The molecule has 0 radical (unpaired) electrons. The molecule has 1 saturated heterocycles. The number of anilines is 2. The number of fused-ring (bicyclic) bond motifs is 3. The van der Waals surface area contributed by atoms with E-state index < -0.39 is 40.5 Å². The van der Waals surface area contributed by atoms with Gasteiger partial charge in [-0.1, -0.05) is 12.1 Å². The molecule has 2 aliphatic heterocycles. The highest BCUT2D eigenvalue weighted by Crippen LogP contribution is 2.47. The number of carbonyl (C=O) groups is 3. The number of ether oxygens (including phenoxy) is 1. The zero-order chi connectivity index (χ0) is 27.5. The molecule has 0 bridgehead atoms. The number of hydrogen-bond donors (Lipinski definition) is 2. The van der Waals surface area contributed by atoms with Crippen molar-refractivity contribution in [2.75, 3.05) is 23.8 Å². The quantitative estimate of drug-likeness (QED) is 0.534. The summed E-state index contributed by atoms with van der Waals surface area (Å²) >= 11 is 0. The van der Waals surface area contributed by atoms with Crippen molar-refractivity contribution in [3.63, 3.8) is 0 Å². The van der Waals surface area contributed by atoms with E-state index in [1.54, 1.807) is 26.1 Å². The van der Waals surface area contributed by atoms with Crippen LogP contribution in [-0.2, 0) is 37.4 Å². The molecule has 2 atom stereocenters. The molecule has 200 valence electrons. The van der Waals surface area contributed by atoms with Gasteiger partial charge in [0.1, 0.15) is 29.6 Å². The molecule has 6 rings (SSSR count). The number of halogens is 2. The average molecular weight is 533 g/mol. The number of hydrogen-bond acceptors (Lipinski definition) is 5. The third-order valence-electron chi connectivity index (χ3n) is 7.80. The number of morpholine rings is 1. The molecule has 1 fully saturated rings. The molecular weight excluding hydrogens is 506 g/mol. The van der Waals surface area contributed by atoms with E-state index in [0.29, 0.717) is 24.3 Å². The van der Waals surface area contributed by atoms with Crippen LogP contribution in [-0.4, -0.2) is 46.4 Å². The number of carbonyl (C=O) groups excluding carboxylic acids is 3. The maximum atomic E-state index is 13.9. The van der Waals surface area contributed by atoms with Gasteiger partial charge in [-0.2, -0.15) is 0 Å². The van der Waals surface area contributed by atoms with Gasteiger partial charge in [-0.15, -0.1) is 0 Å². The van der Waals surface area contributed by atoms with Crippen molar-refractivity contribution < 1.29 is 27.9 Å². The first kappa shape index (κ1) is 25.1. The summed E-state index contributed by atoms with van der Waals surface area (Å²) in [5.74, 6) is -2.01. The van der Waals surface area contributed by atoms with Crippen molar-refractivity contribution in [1.82, 2.24) is 9.88 Å². The van der Waals surface area contributed by atoms with Gasteiger partial charge in [0.05, 0.1) is 18.1 Å². The van der Waals surface area contributed by atoms with Crippen molar-refractivity contribution in [2.45, 2.75) is 43.7 Å². The standard InChI is InChI=1S/C29H26F2N4O4/c1-28(2)27(38)35(23(15-39-28)17-8-19(30)11-20(31)9-17)14-24(36)33-21-6-5-16-12-29(13-18(16)10-21)22-4-3-7-32-25(22)34-26(29)37/h3-11,23H,12-15H2,1-2H3,(H,33,36)(H,32,34,37). The molecule has 1 aliphatic carbocycles. The van der Waals surface area contributed by atoms with Gasteiger partial charge < -0.3 is 20.3 Å². The van der Waals surface area contributed by atoms with Crippen LogP contribution < -0.4 is 10.6 Å². The lowest BCUT2D eigenvalue weighted by molar-refractivity contribution is -0.175. The van der Waals surface area contributed by atoms with Gasteiger partial charge in [0.25, 0.3) is 5.91 Å². The minimum Gasteiger partial charge on any atom is -0.363 e. The molecule has 3 aromatic rings. The van der Waals surface area contributed by atoms with Crippen LogP contribution >= 0.6 is 0 Å². The Morgan fingerprint density at radius 1 is 1.10 bits per heavy atom. The Morgan fingerprint density at radius 3 is 2.62 bits per heavy atom. The molecular formula is C29H26F2N4O4. The molecule has 8 nitrogen and oxygen atoms in total. The van der Waals surface area contributed by atoms with Crippen molar-refractivity contribution in [2.24, 2.45) is 0 Å². The molecule has 3 heterocycles. The largest absolute Gasteiger partial charge is 0.363 e. The normalized spacial score (nSPS) is 23.0. The molecule has 39 heavy (non-hydrogen) atoms. The predicted octanol–water partition coefficient (Wildman–Crippen LogP) is 3.67. The Morgan fingerprint density at radius 2 is 1.85 bits per heavy atom. The summed E-state index contributed by atoms with van der Waals surface area (Å²) in [7, 11) is 0. The minimum absolute atomic E-state index is 0.0196. The van der Waals surface area contributed by atoms with Crippen LogP contribution in [0, 0.1) is 11.6 Å².